The van der Waals surface area contributed by atoms with Crippen LogP contribution in [0.25, 0.3) is 11.5 Å². The van der Waals surface area contributed by atoms with Crippen molar-refractivity contribution in [1.29, 1.82) is 0 Å². The van der Waals surface area contributed by atoms with Gasteiger partial charge in [0.25, 0.3) is 0 Å². The van der Waals surface area contributed by atoms with E-state index in [0.29, 0.717) is 31.5 Å². The van der Waals surface area contributed by atoms with Gasteiger partial charge in [-0.1, -0.05) is 17.7 Å². The molecule has 0 radical (unpaired) electrons. The Balaban J connectivity index is 1.89. The van der Waals surface area contributed by atoms with Gasteiger partial charge in [-0.05, 0) is 39.8 Å². The second kappa shape index (κ2) is 9.21. The number of benzene rings is 1. The Kier molecular flexibility index (Phi) is 6.98. The van der Waals surface area contributed by atoms with Gasteiger partial charge in [0.1, 0.15) is 6.26 Å². The summed E-state index contributed by atoms with van der Waals surface area (Å²) >= 11 is 0. The van der Waals surface area contributed by atoms with E-state index in [2.05, 4.69) is 25.9 Å². The molecule has 1 amide bonds. The number of aliphatic imine (C=N–C) groups is 1. The van der Waals surface area contributed by atoms with Crippen LogP contribution in [0.2, 0.25) is 0 Å². The van der Waals surface area contributed by atoms with Gasteiger partial charge in [-0.3, -0.25) is 9.79 Å². The molecule has 27 heavy (non-hydrogen) atoms. The first-order valence-corrected chi connectivity index (χ1v) is 9.10. The fraction of sp³-hybridized carbons (Fsp3) is 0.450. The summed E-state index contributed by atoms with van der Waals surface area (Å²) in [5.41, 5.74) is 2.37. The van der Waals surface area contributed by atoms with Crippen molar-refractivity contribution in [3.63, 3.8) is 0 Å². The molecule has 7 heteroatoms. The molecule has 146 valence electrons. The second-order valence-corrected chi connectivity index (χ2v) is 7.03. The number of oxazole rings is 1. The highest BCUT2D eigenvalue weighted by Gasteiger charge is 2.27. The number of guanidine groups is 1. The van der Waals surface area contributed by atoms with Crippen molar-refractivity contribution >= 4 is 11.9 Å². The largest absolute Gasteiger partial charge is 0.444 e. The van der Waals surface area contributed by atoms with Crippen LogP contribution in [0.15, 0.2) is 39.9 Å². The van der Waals surface area contributed by atoms with Crippen molar-refractivity contribution in [1.82, 2.24) is 20.9 Å². The van der Waals surface area contributed by atoms with Gasteiger partial charge in [0.15, 0.2) is 5.96 Å². The average Bonchev–Trinajstić information content (AvgIpc) is 3.11. The molecule has 0 fully saturated rings. The fourth-order valence-corrected chi connectivity index (χ4v) is 2.40. The predicted molar refractivity (Wildman–Crippen MR) is 107 cm³/mol. The van der Waals surface area contributed by atoms with Crippen LogP contribution >= 0.6 is 0 Å². The van der Waals surface area contributed by atoms with Gasteiger partial charge in [0, 0.05) is 25.7 Å². The summed E-state index contributed by atoms with van der Waals surface area (Å²) in [5.74, 6) is 1.20. The van der Waals surface area contributed by atoms with E-state index >= 15 is 0 Å². The van der Waals surface area contributed by atoms with E-state index in [0.717, 1.165) is 11.3 Å². The predicted octanol–water partition coefficient (Wildman–Crippen LogP) is 2.48. The lowest BCUT2D eigenvalue weighted by atomic mass is 9.92. The third-order valence-electron chi connectivity index (χ3n) is 4.16. The monoisotopic (exact) mass is 371 g/mol. The van der Waals surface area contributed by atoms with E-state index in [1.165, 1.54) is 5.56 Å². The maximum atomic E-state index is 12.1. The zero-order valence-electron chi connectivity index (χ0n) is 16.7. The zero-order chi connectivity index (χ0) is 19.9. The lowest BCUT2D eigenvalue weighted by Crippen LogP contribution is -2.47. The number of carbonyl (C=O) groups is 1. The van der Waals surface area contributed by atoms with E-state index in [4.69, 9.17) is 4.42 Å². The van der Waals surface area contributed by atoms with Gasteiger partial charge in [-0.2, -0.15) is 0 Å². The Morgan fingerprint density at radius 2 is 1.89 bits per heavy atom. The Labute approximate surface area is 160 Å². The molecule has 0 bridgehead atoms. The lowest BCUT2D eigenvalue weighted by Gasteiger charge is -2.24. The quantitative estimate of drug-likeness (QED) is 0.514. The number of amides is 1. The maximum Gasteiger partial charge on any atom is 0.227 e. The second-order valence-electron chi connectivity index (χ2n) is 7.03. The minimum atomic E-state index is -0.542. The molecule has 1 aromatic heterocycles. The van der Waals surface area contributed by atoms with E-state index in [-0.39, 0.29) is 5.91 Å². The maximum absolute atomic E-state index is 12.1. The third-order valence-corrected chi connectivity index (χ3v) is 4.16. The molecule has 0 aliphatic rings. The van der Waals surface area contributed by atoms with Crippen molar-refractivity contribution < 1.29 is 9.21 Å². The molecule has 2 aromatic rings. The Hall–Kier alpha value is -2.83. The zero-order valence-corrected chi connectivity index (χ0v) is 16.7. The van der Waals surface area contributed by atoms with Gasteiger partial charge >= 0.3 is 0 Å². The van der Waals surface area contributed by atoms with E-state index in [1.54, 1.807) is 13.3 Å². The van der Waals surface area contributed by atoms with Crippen LogP contribution in [0.1, 0.15) is 32.0 Å². The number of aryl methyl sites for hydroxylation is 1. The van der Waals surface area contributed by atoms with Crippen LogP contribution in [0.4, 0.5) is 0 Å². The summed E-state index contributed by atoms with van der Waals surface area (Å²) in [6.07, 6.45) is 1.63. The third kappa shape index (κ3) is 5.84. The standard InChI is InChI=1S/C20H29N5O2/c1-6-22-18(26)20(3,4)13-24-19(21-5)23-11-16-12-27-17(25-16)15-9-7-14(2)8-10-15/h7-10,12H,6,11,13H2,1-5H3,(H,22,26)(H2,21,23,24). The Morgan fingerprint density at radius 1 is 1.19 bits per heavy atom. The number of nitrogens with zero attached hydrogens (tertiary/aromatic N) is 2. The molecule has 0 aliphatic carbocycles. The summed E-state index contributed by atoms with van der Waals surface area (Å²) < 4.78 is 5.56. The van der Waals surface area contributed by atoms with Crippen LogP contribution < -0.4 is 16.0 Å². The van der Waals surface area contributed by atoms with Crippen molar-refractivity contribution in [2.75, 3.05) is 20.1 Å². The summed E-state index contributed by atoms with van der Waals surface area (Å²) in [5, 5.41) is 9.22. The lowest BCUT2D eigenvalue weighted by molar-refractivity contribution is -0.128. The van der Waals surface area contributed by atoms with Crippen LogP contribution in [-0.4, -0.2) is 37.0 Å². The number of hydrogen-bond acceptors (Lipinski definition) is 4. The number of rotatable bonds is 7. The molecule has 1 heterocycles. The minimum Gasteiger partial charge on any atom is -0.444 e. The molecule has 1 aromatic carbocycles. The van der Waals surface area contributed by atoms with Crippen molar-refractivity contribution in [3.05, 3.63) is 41.8 Å². The number of nitrogens with one attached hydrogen (secondary N) is 3. The van der Waals surface area contributed by atoms with Crippen molar-refractivity contribution in [2.24, 2.45) is 10.4 Å². The highest BCUT2D eigenvalue weighted by molar-refractivity contribution is 5.84. The summed E-state index contributed by atoms with van der Waals surface area (Å²) in [7, 11) is 1.69. The van der Waals surface area contributed by atoms with Gasteiger partial charge in [0.2, 0.25) is 11.8 Å². The molecule has 2 rings (SSSR count). The van der Waals surface area contributed by atoms with Gasteiger partial charge in [-0.25, -0.2) is 4.98 Å². The van der Waals surface area contributed by atoms with Crippen molar-refractivity contribution in [2.45, 2.75) is 34.2 Å². The first-order valence-electron chi connectivity index (χ1n) is 9.10. The van der Waals surface area contributed by atoms with Crippen molar-refractivity contribution in [3.8, 4) is 11.5 Å². The smallest absolute Gasteiger partial charge is 0.227 e. The molecule has 0 aliphatic heterocycles. The molecule has 0 saturated carbocycles. The van der Waals surface area contributed by atoms with Crippen LogP contribution in [-0.2, 0) is 11.3 Å². The molecule has 0 atom stereocenters. The van der Waals surface area contributed by atoms with Gasteiger partial charge in [-0.15, -0.1) is 0 Å². The fourth-order valence-electron chi connectivity index (χ4n) is 2.40. The SMILES string of the molecule is CCNC(=O)C(C)(C)CNC(=NC)NCc1coc(-c2ccc(C)cc2)n1. The molecular weight excluding hydrogens is 342 g/mol. The van der Waals surface area contributed by atoms with Gasteiger partial charge in [0.05, 0.1) is 17.7 Å². The van der Waals surface area contributed by atoms with Crippen LogP contribution in [0.3, 0.4) is 0 Å². The summed E-state index contributed by atoms with van der Waals surface area (Å²) in [6.45, 7) is 9.28. The van der Waals surface area contributed by atoms with Crippen LogP contribution in [0.5, 0.6) is 0 Å². The van der Waals surface area contributed by atoms with E-state index < -0.39 is 5.41 Å². The summed E-state index contributed by atoms with van der Waals surface area (Å²) in [6, 6.07) is 8.03. The van der Waals surface area contributed by atoms with Gasteiger partial charge < -0.3 is 20.4 Å². The Morgan fingerprint density at radius 3 is 2.52 bits per heavy atom. The number of carbonyl (C=O) groups excluding carboxylic acids is 1. The van der Waals surface area contributed by atoms with E-state index in [1.807, 2.05) is 52.0 Å². The topological polar surface area (TPSA) is 91.5 Å². The number of aromatic nitrogens is 1. The first kappa shape index (κ1) is 20.5. The minimum absolute atomic E-state index is 0.00666. The highest BCUT2D eigenvalue weighted by Crippen LogP contribution is 2.19. The first-order chi connectivity index (χ1) is 12.9. The van der Waals surface area contributed by atoms with E-state index in [9.17, 15) is 4.79 Å². The number of hydrogen-bond donors (Lipinski definition) is 3. The highest BCUT2D eigenvalue weighted by atomic mass is 16.3. The summed E-state index contributed by atoms with van der Waals surface area (Å²) in [4.78, 5) is 20.8. The Bertz CT molecular complexity index is 778. The molecule has 7 nitrogen and oxygen atoms in total. The normalized spacial score (nSPS) is 12.0. The molecule has 0 unspecified atom stereocenters. The molecule has 0 spiro atoms. The molecule has 3 N–H and O–H groups in total. The van der Waals surface area contributed by atoms with Crippen LogP contribution in [0, 0.1) is 12.3 Å². The molecular formula is C20H29N5O2. The molecule has 0 saturated heterocycles. The average molecular weight is 371 g/mol.